The third-order valence-corrected chi connectivity index (χ3v) is 4.81. The number of carbonyl (C=O) groups excluding carboxylic acids is 1. The van der Waals surface area contributed by atoms with Gasteiger partial charge in [0.25, 0.3) is 0 Å². The number of aromatic nitrogens is 1. The highest BCUT2D eigenvalue weighted by atomic mass is 35.5. The van der Waals surface area contributed by atoms with Crippen LogP contribution in [0, 0.1) is 12.7 Å². The van der Waals surface area contributed by atoms with Gasteiger partial charge in [0.05, 0.1) is 11.2 Å². The standard InChI is InChI=1S/C22H22ClFN2O2/c1-14-21(15-7-5-4-6-8-15)28-20(25-14)12-11-19(27)26-22(2,3)17-10-9-16(24)13-18(17)23/h4-10,13H,11-12H2,1-3H3,(H,26,27). The lowest BCUT2D eigenvalue weighted by Gasteiger charge is -2.28. The molecule has 2 aromatic carbocycles. The normalized spacial score (nSPS) is 11.5. The van der Waals surface area contributed by atoms with E-state index in [1.807, 2.05) is 51.1 Å². The molecule has 0 aliphatic heterocycles. The summed E-state index contributed by atoms with van der Waals surface area (Å²) < 4.78 is 19.1. The van der Waals surface area contributed by atoms with E-state index in [1.54, 1.807) is 6.07 Å². The van der Waals surface area contributed by atoms with Gasteiger partial charge in [0.2, 0.25) is 5.91 Å². The summed E-state index contributed by atoms with van der Waals surface area (Å²) in [5, 5.41) is 3.22. The molecule has 0 spiro atoms. The van der Waals surface area contributed by atoms with Gasteiger partial charge in [-0.3, -0.25) is 4.79 Å². The summed E-state index contributed by atoms with van der Waals surface area (Å²) in [6, 6.07) is 13.9. The van der Waals surface area contributed by atoms with Crippen LogP contribution in [0.5, 0.6) is 0 Å². The first-order chi connectivity index (χ1) is 13.3. The number of aryl methyl sites for hydroxylation is 2. The lowest BCUT2D eigenvalue weighted by molar-refractivity contribution is -0.122. The number of hydrogen-bond donors (Lipinski definition) is 1. The van der Waals surface area contributed by atoms with E-state index in [-0.39, 0.29) is 17.4 Å². The predicted molar refractivity (Wildman–Crippen MR) is 108 cm³/mol. The molecule has 0 fully saturated rings. The summed E-state index contributed by atoms with van der Waals surface area (Å²) in [4.78, 5) is 16.9. The third-order valence-electron chi connectivity index (χ3n) is 4.50. The molecule has 6 heteroatoms. The van der Waals surface area contributed by atoms with Crippen molar-refractivity contribution in [2.45, 2.75) is 39.2 Å². The average molecular weight is 401 g/mol. The van der Waals surface area contributed by atoms with Crippen LogP contribution in [0.25, 0.3) is 11.3 Å². The average Bonchev–Trinajstić information content (AvgIpc) is 3.01. The number of nitrogens with one attached hydrogen (secondary N) is 1. The fourth-order valence-corrected chi connectivity index (χ4v) is 3.52. The molecule has 4 nitrogen and oxygen atoms in total. The molecular weight excluding hydrogens is 379 g/mol. The number of carbonyl (C=O) groups is 1. The summed E-state index contributed by atoms with van der Waals surface area (Å²) in [7, 11) is 0. The van der Waals surface area contributed by atoms with Gasteiger partial charge >= 0.3 is 0 Å². The van der Waals surface area contributed by atoms with Crippen molar-refractivity contribution in [1.29, 1.82) is 0 Å². The molecule has 1 heterocycles. The molecular formula is C22H22ClFN2O2. The van der Waals surface area contributed by atoms with Crippen LogP contribution in [0.1, 0.15) is 37.4 Å². The Bertz CT molecular complexity index is 983. The Labute approximate surface area is 168 Å². The van der Waals surface area contributed by atoms with E-state index in [1.165, 1.54) is 12.1 Å². The topological polar surface area (TPSA) is 55.1 Å². The lowest BCUT2D eigenvalue weighted by atomic mass is 9.94. The summed E-state index contributed by atoms with van der Waals surface area (Å²) in [5.41, 5.74) is 1.67. The number of amides is 1. The zero-order chi connectivity index (χ0) is 20.3. The van der Waals surface area contributed by atoms with E-state index < -0.39 is 11.4 Å². The quantitative estimate of drug-likeness (QED) is 0.600. The van der Waals surface area contributed by atoms with Crippen LogP contribution in [0.3, 0.4) is 0 Å². The zero-order valence-corrected chi connectivity index (χ0v) is 16.8. The van der Waals surface area contributed by atoms with E-state index in [9.17, 15) is 9.18 Å². The Morgan fingerprint density at radius 2 is 1.93 bits per heavy atom. The molecule has 3 aromatic rings. The lowest BCUT2D eigenvalue weighted by Crippen LogP contribution is -2.41. The Hall–Kier alpha value is -2.66. The molecule has 146 valence electrons. The minimum Gasteiger partial charge on any atom is -0.440 e. The van der Waals surface area contributed by atoms with E-state index in [4.69, 9.17) is 16.0 Å². The van der Waals surface area contributed by atoms with Crippen LogP contribution in [-0.2, 0) is 16.8 Å². The van der Waals surface area contributed by atoms with Crippen molar-refractivity contribution in [2.24, 2.45) is 0 Å². The number of benzene rings is 2. The molecule has 0 aliphatic rings. The highest BCUT2D eigenvalue weighted by Gasteiger charge is 2.25. The van der Waals surface area contributed by atoms with Crippen LogP contribution in [-0.4, -0.2) is 10.9 Å². The molecule has 0 atom stereocenters. The maximum absolute atomic E-state index is 13.3. The predicted octanol–water partition coefficient (Wildman–Crippen LogP) is 5.43. The van der Waals surface area contributed by atoms with Crippen LogP contribution in [0.15, 0.2) is 52.9 Å². The zero-order valence-electron chi connectivity index (χ0n) is 16.1. The van der Waals surface area contributed by atoms with Crippen LogP contribution in [0.2, 0.25) is 5.02 Å². The highest BCUT2D eigenvalue weighted by Crippen LogP contribution is 2.29. The third kappa shape index (κ3) is 4.60. The minimum atomic E-state index is -0.733. The fourth-order valence-electron chi connectivity index (χ4n) is 3.11. The second-order valence-corrected chi connectivity index (χ2v) is 7.59. The Balaban J connectivity index is 1.64. The molecule has 1 N–H and O–H groups in total. The second kappa shape index (κ2) is 8.15. The maximum Gasteiger partial charge on any atom is 0.221 e. The largest absolute Gasteiger partial charge is 0.440 e. The van der Waals surface area contributed by atoms with Gasteiger partial charge in [-0.2, -0.15) is 0 Å². The second-order valence-electron chi connectivity index (χ2n) is 7.19. The molecule has 1 aromatic heterocycles. The van der Waals surface area contributed by atoms with Crippen molar-refractivity contribution in [3.05, 3.63) is 76.5 Å². The number of hydrogen-bond acceptors (Lipinski definition) is 3. The Morgan fingerprint density at radius 3 is 2.61 bits per heavy atom. The SMILES string of the molecule is Cc1nc(CCC(=O)NC(C)(C)c2ccc(F)cc2Cl)oc1-c1ccccc1. The van der Waals surface area contributed by atoms with E-state index >= 15 is 0 Å². The fraction of sp³-hybridized carbons (Fsp3) is 0.273. The van der Waals surface area contributed by atoms with Crippen molar-refractivity contribution in [3.8, 4) is 11.3 Å². The van der Waals surface area contributed by atoms with Gasteiger partial charge in [0, 0.05) is 23.4 Å². The van der Waals surface area contributed by atoms with Gasteiger partial charge in [-0.25, -0.2) is 9.37 Å². The summed E-state index contributed by atoms with van der Waals surface area (Å²) in [6.45, 7) is 5.54. The van der Waals surface area contributed by atoms with Gasteiger partial charge in [-0.05, 0) is 38.5 Å². The molecule has 0 bridgehead atoms. The summed E-state index contributed by atoms with van der Waals surface area (Å²) >= 11 is 6.13. The first kappa shape index (κ1) is 20.1. The van der Waals surface area contributed by atoms with E-state index in [2.05, 4.69) is 10.3 Å². The van der Waals surface area contributed by atoms with Gasteiger partial charge < -0.3 is 9.73 Å². The van der Waals surface area contributed by atoms with Crippen molar-refractivity contribution >= 4 is 17.5 Å². The van der Waals surface area contributed by atoms with Gasteiger partial charge in [-0.15, -0.1) is 0 Å². The summed E-state index contributed by atoms with van der Waals surface area (Å²) in [6.07, 6.45) is 0.600. The number of oxazole rings is 1. The number of rotatable bonds is 6. The van der Waals surface area contributed by atoms with Crippen LogP contribution >= 0.6 is 11.6 Å². The van der Waals surface area contributed by atoms with Crippen molar-refractivity contribution in [1.82, 2.24) is 10.3 Å². The van der Waals surface area contributed by atoms with Crippen molar-refractivity contribution in [2.75, 3.05) is 0 Å². The Morgan fingerprint density at radius 1 is 1.21 bits per heavy atom. The molecule has 0 saturated carbocycles. The van der Waals surface area contributed by atoms with Crippen molar-refractivity contribution < 1.29 is 13.6 Å². The smallest absolute Gasteiger partial charge is 0.221 e. The number of nitrogens with zero attached hydrogens (tertiary/aromatic N) is 1. The molecule has 0 saturated heterocycles. The first-order valence-corrected chi connectivity index (χ1v) is 9.42. The van der Waals surface area contributed by atoms with Gasteiger partial charge in [-0.1, -0.05) is 48.0 Å². The van der Waals surface area contributed by atoms with Gasteiger partial charge in [0.15, 0.2) is 11.7 Å². The maximum atomic E-state index is 13.3. The minimum absolute atomic E-state index is 0.164. The van der Waals surface area contributed by atoms with E-state index in [0.29, 0.717) is 17.9 Å². The van der Waals surface area contributed by atoms with Crippen molar-refractivity contribution in [3.63, 3.8) is 0 Å². The highest BCUT2D eigenvalue weighted by molar-refractivity contribution is 6.31. The van der Waals surface area contributed by atoms with E-state index in [0.717, 1.165) is 17.0 Å². The van der Waals surface area contributed by atoms with Crippen LogP contribution < -0.4 is 5.32 Å². The molecule has 0 aliphatic carbocycles. The molecule has 3 rings (SSSR count). The summed E-state index contributed by atoms with van der Waals surface area (Å²) in [5.74, 6) is 0.658. The first-order valence-electron chi connectivity index (χ1n) is 9.04. The Kier molecular flexibility index (Phi) is 5.84. The molecule has 28 heavy (non-hydrogen) atoms. The van der Waals surface area contributed by atoms with Crippen LogP contribution in [0.4, 0.5) is 4.39 Å². The molecule has 1 amide bonds. The molecule has 0 radical (unpaired) electrons. The monoisotopic (exact) mass is 400 g/mol. The van der Waals surface area contributed by atoms with Gasteiger partial charge in [0.1, 0.15) is 5.82 Å². The molecule has 0 unspecified atom stereocenters. The number of halogens is 2.